The van der Waals surface area contributed by atoms with Crippen LogP contribution in [0.1, 0.15) is 42.9 Å². The number of aromatic nitrogens is 1. The van der Waals surface area contributed by atoms with Gasteiger partial charge in [0.05, 0.1) is 18.4 Å². The molecule has 8 heteroatoms. The zero-order valence-corrected chi connectivity index (χ0v) is 17.4. The molecule has 2 aromatic rings. The summed E-state index contributed by atoms with van der Waals surface area (Å²) < 4.78 is 46.6. The van der Waals surface area contributed by atoms with Crippen molar-refractivity contribution < 1.29 is 22.7 Å². The minimum Gasteiger partial charge on any atom is -0.372 e. The highest BCUT2D eigenvalue weighted by Gasteiger charge is 2.45. The van der Waals surface area contributed by atoms with Crippen molar-refractivity contribution in [3.05, 3.63) is 53.5 Å². The highest BCUT2D eigenvalue weighted by atomic mass is 19.3. The van der Waals surface area contributed by atoms with E-state index in [1.807, 2.05) is 35.2 Å². The minimum absolute atomic E-state index is 0.00747. The lowest BCUT2D eigenvalue weighted by atomic mass is 9.79. The Labute approximate surface area is 179 Å². The van der Waals surface area contributed by atoms with Crippen LogP contribution in [0, 0.1) is 18.8 Å². The number of carbonyl (C=O) groups excluding carboxylic acids is 1. The molecule has 1 saturated heterocycles. The van der Waals surface area contributed by atoms with E-state index >= 15 is 0 Å². The first-order valence-electron chi connectivity index (χ1n) is 10.6. The fourth-order valence-electron chi connectivity index (χ4n) is 4.24. The number of carbonyl (C=O) groups is 1. The molecule has 5 nitrogen and oxygen atoms in total. The zero-order valence-electron chi connectivity index (χ0n) is 17.4. The molecule has 2 heterocycles. The van der Waals surface area contributed by atoms with Gasteiger partial charge in [0, 0.05) is 32.4 Å². The van der Waals surface area contributed by atoms with E-state index in [2.05, 4.69) is 10.3 Å². The molecule has 1 N–H and O–H groups in total. The highest BCUT2D eigenvalue weighted by molar-refractivity contribution is 5.91. The van der Waals surface area contributed by atoms with Crippen molar-refractivity contribution in [1.29, 1.82) is 0 Å². The van der Waals surface area contributed by atoms with Gasteiger partial charge in [-0.15, -0.1) is 0 Å². The first kappa shape index (κ1) is 21.6. The molecule has 0 bridgehead atoms. The fourth-order valence-corrected chi connectivity index (χ4v) is 4.24. The smallest absolute Gasteiger partial charge is 0.248 e. The van der Waals surface area contributed by atoms with Gasteiger partial charge in [-0.25, -0.2) is 13.8 Å². The van der Waals surface area contributed by atoms with Gasteiger partial charge in [0.1, 0.15) is 5.82 Å². The first-order valence-corrected chi connectivity index (χ1v) is 10.6. The third-order valence-electron chi connectivity index (χ3n) is 5.91. The van der Waals surface area contributed by atoms with Crippen LogP contribution in [0.2, 0.25) is 0 Å². The van der Waals surface area contributed by atoms with Crippen LogP contribution < -0.4 is 10.2 Å². The average molecular weight is 433 g/mol. The Morgan fingerprint density at radius 2 is 2.00 bits per heavy atom. The van der Waals surface area contributed by atoms with Gasteiger partial charge in [0.2, 0.25) is 17.8 Å². The van der Waals surface area contributed by atoms with Crippen LogP contribution in [0.15, 0.2) is 36.4 Å². The monoisotopic (exact) mass is 433 g/mol. The molecule has 1 saturated carbocycles. The number of ether oxygens (including phenoxy) is 1. The van der Waals surface area contributed by atoms with E-state index in [1.54, 1.807) is 13.0 Å². The van der Waals surface area contributed by atoms with Gasteiger partial charge in [0.25, 0.3) is 0 Å². The van der Waals surface area contributed by atoms with Crippen molar-refractivity contribution >= 4 is 17.4 Å². The first-order chi connectivity index (χ1) is 14.8. The molecular formula is C23H26F3N3O2. The van der Waals surface area contributed by atoms with E-state index in [0.717, 1.165) is 12.0 Å². The summed E-state index contributed by atoms with van der Waals surface area (Å²) in [6.07, 6.45) is 0.104. The van der Waals surface area contributed by atoms with Gasteiger partial charge in [0.15, 0.2) is 0 Å². The van der Waals surface area contributed by atoms with Crippen molar-refractivity contribution in [2.24, 2.45) is 5.92 Å². The van der Waals surface area contributed by atoms with Crippen molar-refractivity contribution in [2.75, 3.05) is 29.9 Å². The third-order valence-corrected chi connectivity index (χ3v) is 5.91. The molecule has 0 spiro atoms. The molecule has 0 unspecified atom stereocenters. The minimum atomic E-state index is -2.67. The van der Waals surface area contributed by atoms with E-state index in [0.29, 0.717) is 31.1 Å². The van der Waals surface area contributed by atoms with Crippen LogP contribution in [0.4, 0.5) is 24.7 Å². The molecule has 2 aliphatic rings. The molecule has 4 rings (SSSR count). The zero-order chi connectivity index (χ0) is 22.0. The molecule has 1 amide bonds. The van der Waals surface area contributed by atoms with Crippen molar-refractivity contribution in [2.45, 2.75) is 44.6 Å². The number of hydrogen-bond acceptors (Lipinski definition) is 4. The number of amides is 1. The summed E-state index contributed by atoms with van der Waals surface area (Å²) in [7, 11) is 0. The lowest BCUT2D eigenvalue weighted by Gasteiger charge is -2.34. The summed E-state index contributed by atoms with van der Waals surface area (Å²) in [4.78, 5) is 18.2. The lowest BCUT2D eigenvalue weighted by molar-refractivity contribution is -0.129. The number of anilines is 2. The third kappa shape index (κ3) is 5.18. The van der Waals surface area contributed by atoms with Gasteiger partial charge in [-0.2, -0.15) is 4.39 Å². The maximum absolute atomic E-state index is 14.7. The van der Waals surface area contributed by atoms with Crippen molar-refractivity contribution in [1.82, 2.24) is 4.98 Å². The highest BCUT2D eigenvalue weighted by Crippen LogP contribution is 2.44. The van der Waals surface area contributed by atoms with Crippen LogP contribution in [-0.4, -0.2) is 36.5 Å². The molecule has 1 aliphatic heterocycles. The second kappa shape index (κ2) is 8.86. The number of benzene rings is 1. The standard InChI is InChI=1S/C23H26F3N3O2/c1-15-11-19(29-8-7-18(31-10-9-29)17-5-3-2-4-6-17)27-22(24)21(15)28-20(30)12-16-13-23(25,26)14-16/h2-6,11,16,18H,7-10,12-14H2,1H3,(H,28,30)/t18-/m0/s1. The molecule has 0 radical (unpaired) electrons. The Bertz CT molecular complexity index is 908. The molecule has 166 valence electrons. The van der Waals surface area contributed by atoms with Crippen LogP contribution in [0.5, 0.6) is 0 Å². The molecule has 1 aromatic carbocycles. The van der Waals surface area contributed by atoms with Gasteiger partial charge < -0.3 is 15.0 Å². The molecule has 1 aliphatic carbocycles. The number of hydrogen-bond donors (Lipinski definition) is 1. The predicted molar refractivity (Wildman–Crippen MR) is 112 cm³/mol. The number of nitrogens with zero attached hydrogens (tertiary/aromatic N) is 2. The summed E-state index contributed by atoms with van der Waals surface area (Å²) in [5.74, 6) is -3.78. The Morgan fingerprint density at radius 1 is 1.26 bits per heavy atom. The van der Waals surface area contributed by atoms with Gasteiger partial charge >= 0.3 is 0 Å². The summed E-state index contributed by atoms with van der Waals surface area (Å²) in [6.45, 7) is 3.43. The predicted octanol–water partition coefficient (Wildman–Crippen LogP) is 4.87. The Balaban J connectivity index is 1.39. The van der Waals surface area contributed by atoms with Gasteiger partial charge in [-0.1, -0.05) is 30.3 Å². The van der Waals surface area contributed by atoms with E-state index in [4.69, 9.17) is 4.74 Å². The molecule has 1 atom stereocenters. The summed E-state index contributed by atoms with van der Waals surface area (Å²) in [6, 6.07) is 11.7. The van der Waals surface area contributed by atoms with Gasteiger partial charge in [-0.05, 0) is 36.5 Å². The number of pyridine rings is 1. The van der Waals surface area contributed by atoms with E-state index < -0.39 is 17.8 Å². The van der Waals surface area contributed by atoms with Crippen LogP contribution in [-0.2, 0) is 9.53 Å². The Hall–Kier alpha value is -2.61. The second-order valence-corrected chi connectivity index (χ2v) is 8.39. The van der Waals surface area contributed by atoms with Crippen LogP contribution in [0.3, 0.4) is 0 Å². The number of alkyl halides is 2. The maximum atomic E-state index is 14.7. The number of nitrogens with one attached hydrogen (secondary N) is 1. The molecular weight excluding hydrogens is 407 g/mol. The van der Waals surface area contributed by atoms with E-state index in [-0.39, 0.29) is 37.0 Å². The van der Waals surface area contributed by atoms with Crippen LogP contribution >= 0.6 is 0 Å². The van der Waals surface area contributed by atoms with E-state index in [9.17, 15) is 18.0 Å². The van der Waals surface area contributed by atoms with Gasteiger partial charge in [-0.3, -0.25) is 4.79 Å². The quantitative estimate of drug-likeness (QED) is 0.684. The summed E-state index contributed by atoms with van der Waals surface area (Å²) in [5, 5.41) is 2.51. The number of aryl methyl sites for hydroxylation is 1. The second-order valence-electron chi connectivity index (χ2n) is 8.39. The van der Waals surface area contributed by atoms with Crippen molar-refractivity contribution in [3.8, 4) is 0 Å². The van der Waals surface area contributed by atoms with Crippen molar-refractivity contribution in [3.63, 3.8) is 0 Å². The maximum Gasteiger partial charge on any atom is 0.248 e. The summed E-state index contributed by atoms with van der Waals surface area (Å²) in [5.41, 5.74) is 1.66. The average Bonchev–Trinajstić information content (AvgIpc) is 2.96. The van der Waals surface area contributed by atoms with Crippen LogP contribution in [0.25, 0.3) is 0 Å². The molecule has 31 heavy (non-hydrogen) atoms. The SMILES string of the molecule is Cc1cc(N2CCO[C@H](c3ccccc3)CC2)nc(F)c1NC(=O)CC1CC(F)(F)C1. The topological polar surface area (TPSA) is 54.5 Å². The molecule has 1 aromatic heterocycles. The summed E-state index contributed by atoms with van der Waals surface area (Å²) >= 11 is 0. The lowest BCUT2D eigenvalue weighted by Crippen LogP contribution is -2.37. The number of halogens is 3. The largest absolute Gasteiger partial charge is 0.372 e. The molecule has 2 fully saturated rings. The Kier molecular flexibility index (Phi) is 6.18. The van der Waals surface area contributed by atoms with E-state index in [1.165, 1.54) is 0 Å². The fraction of sp³-hybridized carbons (Fsp3) is 0.478. The normalized spacial score (nSPS) is 21.3. The number of rotatable bonds is 5. The Morgan fingerprint density at radius 3 is 2.68 bits per heavy atom.